The monoisotopic (exact) mass is 645 g/mol. The molecule has 0 aromatic rings. The number of fused-ring (bicyclic) bond motifs is 1. The van der Waals surface area contributed by atoms with Gasteiger partial charge in [0.2, 0.25) is 17.6 Å². The number of ketones is 1. The number of ether oxygens (including phenoxy) is 1. The minimum atomic E-state index is -1.10. The highest BCUT2D eigenvalue weighted by molar-refractivity contribution is 6.37. The maximum atomic E-state index is 14.3. The van der Waals surface area contributed by atoms with Crippen LogP contribution in [0.4, 0.5) is 4.79 Å². The van der Waals surface area contributed by atoms with E-state index in [1.165, 1.54) is 4.90 Å². The van der Waals surface area contributed by atoms with Gasteiger partial charge in [-0.1, -0.05) is 74.7 Å². The fraction of sp³-hybridized carbons (Fsp3) is 0.824. The van der Waals surface area contributed by atoms with E-state index in [9.17, 15) is 28.8 Å². The van der Waals surface area contributed by atoms with Gasteiger partial charge in [0.05, 0.1) is 6.04 Å². The van der Waals surface area contributed by atoms with Crippen molar-refractivity contribution in [1.29, 1.82) is 0 Å². The Kier molecular flexibility index (Phi) is 10.2. The number of carbonyl (C=O) groups is 6. The van der Waals surface area contributed by atoms with Crippen LogP contribution in [0.25, 0.3) is 0 Å². The van der Waals surface area contributed by atoms with Crippen molar-refractivity contribution in [1.82, 2.24) is 20.9 Å². The fourth-order valence-electron chi connectivity index (χ4n) is 7.32. The molecule has 1 aliphatic heterocycles. The van der Waals surface area contributed by atoms with Crippen LogP contribution in [0.15, 0.2) is 0 Å². The van der Waals surface area contributed by atoms with E-state index in [2.05, 4.69) is 16.0 Å². The number of urea groups is 1. The third-order valence-electron chi connectivity index (χ3n) is 10.5. The third kappa shape index (κ3) is 8.02. The molecule has 12 nitrogen and oxygen atoms in total. The van der Waals surface area contributed by atoms with Crippen molar-refractivity contribution in [3.63, 3.8) is 0 Å². The van der Waals surface area contributed by atoms with Gasteiger partial charge in [0, 0.05) is 6.54 Å². The molecule has 258 valence electrons. The first-order valence-corrected chi connectivity index (χ1v) is 17.0. The van der Waals surface area contributed by atoms with E-state index in [0.29, 0.717) is 13.0 Å². The van der Waals surface area contributed by atoms with Gasteiger partial charge in [0.1, 0.15) is 24.2 Å². The average molecular weight is 646 g/mol. The zero-order valence-corrected chi connectivity index (χ0v) is 28.9. The van der Waals surface area contributed by atoms with Crippen molar-refractivity contribution in [2.24, 2.45) is 39.7 Å². The van der Waals surface area contributed by atoms with Crippen LogP contribution in [-0.4, -0.2) is 77.2 Å². The summed E-state index contributed by atoms with van der Waals surface area (Å²) in [5.41, 5.74) is 3.69. The van der Waals surface area contributed by atoms with Gasteiger partial charge in [-0.25, -0.2) is 9.59 Å². The quantitative estimate of drug-likeness (QED) is 0.197. The van der Waals surface area contributed by atoms with E-state index in [4.69, 9.17) is 10.5 Å². The molecule has 0 aromatic carbocycles. The second-order valence-electron chi connectivity index (χ2n) is 16.8. The van der Waals surface area contributed by atoms with Crippen LogP contribution in [0.3, 0.4) is 0 Å². The van der Waals surface area contributed by atoms with Gasteiger partial charge in [-0.3, -0.25) is 19.2 Å². The number of amides is 5. The lowest BCUT2D eigenvalue weighted by Crippen LogP contribution is -2.62. The maximum absolute atomic E-state index is 14.3. The van der Waals surface area contributed by atoms with Crippen LogP contribution in [-0.2, 0) is 28.7 Å². The van der Waals surface area contributed by atoms with Crippen LogP contribution >= 0.6 is 0 Å². The Morgan fingerprint density at radius 3 is 1.93 bits per heavy atom. The van der Waals surface area contributed by atoms with Gasteiger partial charge in [-0.05, 0) is 66.1 Å². The predicted molar refractivity (Wildman–Crippen MR) is 171 cm³/mol. The fourth-order valence-corrected chi connectivity index (χ4v) is 7.32. The number of nitrogens with zero attached hydrogens (tertiary/aromatic N) is 1. The van der Waals surface area contributed by atoms with Crippen molar-refractivity contribution < 1.29 is 33.5 Å². The lowest BCUT2D eigenvalue weighted by Gasteiger charge is -2.38. The van der Waals surface area contributed by atoms with Crippen molar-refractivity contribution in [3.8, 4) is 0 Å². The number of nitrogens with two attached hydrogens (primary N) is 1. The largest absolute Gasteiger partial charge is 0.461 e. The van der Waals surface area contributed by atoms with Gasteiger partial charge in [0.25, 0.3) is 5.91 Å². The van der Waals surface area contributed by atoms with E-state index in [-0.39, 0.29) is 29.3 Å². The molecule has 6 atom stereocenters. The molecule has 1 saturated heterocycles. The number of esters is 1. The maximum Gasteiger partial charge on any atom is 0.329 e. The molecular weight excluding hydrogens is 590 g/mol. The number of likely N-dealkylation sites (tertiary alicyclic amines) is 1. The molecule has 0 spiro atoms. The van der Waals surface area contributed by atoms with Gasteiger partial charge in [-0.15, -0.1) is 0 Å². The summed E-state index contributed by atoms with van der Waals surface area (Å²) in [6.45, 7) is 15.4. The Hall–Kier alpha value is -3.18. The molecule has 4 aliphatic rings. The van der Waals surface area contributed by atoms with E-state index in [1.807, 2.05) is 55.4 Å². The van der Waals surface area contributed by atoms with Crippen LogP contribution in [0, 0.1) is 34.0 Å². The Bertz CT molecular complexity index is 1230. The summed E-state index contributed by atoms with van der Waals surface area (Å²) in [5, 5.41) is 8.36. The Morgan fingerprint density at radius 1 is 0.848 bits per heavy atom. The van der Waals surface area contributed by atoms with Crippen LogP contribution in [0.2, 0.25) is 0 Å². The zero-order chi connectivity index (χ0) is 34.4. The molecule has 0 aromatic heterocycles. The number of nitrogens with one attached hydrogen (secondary N) is 3. The highest BCUT2D eigenvalue weighted by Crippen LogP contribution is 2.65. The van der Waals surface area contributed by atoms with E-state index >= 15 is 0 Å². The standard InChI is InChI=1S/C34H55N5O7/c1-32(2,3)25(37-31(45)38-26(33(4,5)6)30(44)46-19-12-10-9-11-13-19)29(43)39-17-20-22(34(20,7)8)23(39)28(42)36-21(16-18-14-15-18)24(40)27(35)41/h18-23,25-26H,9-17H2,1-8H3,(H2,35,41)(H,36,42)(H2,37,38,45)/t20-,21?,22?,23-,25+,26+/m0/s1. The minimum Gasteiger partial charge on any atom is -0.461 e. The molecule has 12 heteroatoms. The van der Waals surface area contributed by atoms with Crippen molar-refractivity contribution >= 4 is 35.5 Å². The molecule has 5 N–H and O–H groups in total. The van der Waals surface area contributed by atoms with Crippen LogP contribution in [0.5, 0.6) is 0 Å². The third-order valence-corrected chi connectivity index (χ3v) is 10.5. The summed E-state index contributed by atoms with van der Waals surface area (Å²) >= 11 is 0. The van der Waals surface area contributed by atoms with Crippen molar-refractivity contribution in [2.75, 3.05) is 6.54 Å². The number of carbonyl (C=O) groups excluding carboxylic acids is 6. The second kappa shape index (κ2) is 13.1. The van der Waals surface area contributed by atoms with Crippen LogP contribution < -0.4 is 21.7 Å². The number of hydrogen-bond donors (Lipinski definition) is 4. The normalized spacial score (nSPS) is 26.2. The van der Waals surface area contributed by atoms with Gasteiger partial charge < -0.3 is 31.3 Å². The second-order valence-corrected chi connectivity index (χ2v) is 16.8. The van der Waals surface area contributed by atoms with E-state index < -0.39 is 70.5 Å². The number of hydrogen-bond acceptors (Lipinski definition) is 7. The molecule has 0 bridgehead atoms. The van der Waals surface area contributed by atoms with Crippen molar-refractivity contribution in [2.45, 2.75) is 137 Å². The van der Waals surface area contributed by atoms with Crippen LogP contribution in [0.1, 0.15) is 107 Å². The number of Topliss-reactive ketones (excluding diaryl/α,β-unsaturated/α-hetero) is 1. The van der Waals surface area contributed by atoms with Gasteiger partial charge >= 0.3 is 12.0 Å². The lowest BCUT2D eigenvalue weighted by molar-refractivity contribution is -0.155. The van der Waals surface area contributed by atoms with E-state index in [1.54, 1.807) is 0 Å². The lowest BCUT2D eigenvalue weighted by atomic mass is 9.85. The first kappa shape index (κ1) is 35.7. The topological polar surface area (TPSA) is 177 Å². The summed E-state index contributed by atoms with van der Waals surface area (Å²) < 4.78 is 5.80. The molecular formula is C34H55N5O7. The highest BCUT2D eigenvalue weighted by Gasteiger charge is 2.70. The summed E-state index contributed by atoms with van der Waals surface area (Å²) in [4.78, 5) is 80.8. The number of rotatable bonds is 11. The molecule has 4 rings (SSSR count). The first-order valence-electron chi connectivity index (χ1n) is 17.0. The number of piperidine rings is 1. The molecule has 4 fully saturated rings. The molecule has 46 heavy (non-hydrogen) atoms. The molecule has 1 heterocycles. The summed E-state index contributed by atoms with van der Waals surface area (Å²) in [7, 11) is 0. The first-order chi connectivity index (χ1) is 21.2. The molecule has 5 amide bonds. The molecule has 3 saturated carbocycles. The van der Waals surface area contributed by atoms with Crippen molar-refractivity contribution in [3.05, 3.63) is 0 Å². The molecule has 3 aliphatic carbocycles. The Balaban J connectivity index is 1.50. The molecule has 2 unspecified atom stereocenters. The highest BCUT2D eigenvalue weighted by atomic mass is 16.5. The van der Waals surface area contributed by atoms with Gasteiger partial charge in [-0.2, -0.15) is 0 Å². The summed E-state index contributed by atoms with van der Waals surface area (Å²) in [6.07, 6.45) is 6.71. The number of primary amides is 1. The smallest absolute Gasteiger partial charge is 0.329 e. The molecule has 0 radical (unpaired) electrons. The SMILES string of the molecule is CC(C)(C)[C@H](NC(=O)N[C@H](C(=O)N1C[C@H]2C([C@H]1C(=O)NC(CC1CC1)C(=O)C(N)=O)C2(C)C)C(C)(C)C)C(=O)OC1CCCCC1. The van der Waals surface area contributed by atoms with Gasteiger partial charge in [0.15, 0.2) is 0 Å². The Morgan fingerprint density at radius 2 is 1.41 bits per heavy atom. The predicted octanol–water partition coefficient (Wildman–Crippen LogP) is 2.81. The van der Waals surface area contributed by atoms with E-state index in [0.717, 1.165) is 44.9 Å². The average Bonchev–Trinajstić information content (AvgIpc) is 3.80. The summed E-state index contributed by atoms with van der Waals surface area (Å²) in [5.74, 6) is -3.21. The Labute approximate surface area is 273 Å². The zero-order valence-electron chi connectivity index (χ0n) is 28.9. The minimum absolute atomic E-state index is 0.0650. The summed E-state index contributed by atoms with van der Waals surface area (Å²) in [6, 6.07) is -4.59.